The zero-order valence-corrected chi connectivity index (χ0v) is 22.1. The number of hydrogen-bond acceptors (Lipinski definition) is 8. The van der Waals surface area contributed by atoms with Gasteiger partial charge in [-0.1, -0.05) is 43.0 Å². The number of morpholine rings is 1. The van der Waals surface area contributed by atoms with Crippen LogP contribution in [-0.4, -0.2) is 69.3 Å². The molecular weight excluding hydrogens is 484 g/mol. The Labute approximate surface area is 222 Å². The number of oxime groups is 1. The maximum atomic E-state index is 13.9. The summed E-state index contributed by atoms with van der Waals surface area (Å²) in [6, 6.07) is 8.48. The van der Waals surface area contributed by atoms with E-state index in [0.29, 0.717) is 24.8 Å². The molecule has 4 bridgehead atoms. The molecule has 2 aliphatic carbocycles. The Morgan fingerprint density at radius 2 is 1.71 bits per heavy atom. The zero-order valence-electron chi connectivity index (χ0n) is 22.1. The van der Waals surface area contributed by atoms with Crippen molar-refractivity contribution in [3.8, 4) is 0 Å². The summed E-state index contributed by atoms with van der Waals surface area (Å²) < 4.78 is 12.9. The maximum absolute atomic E-state index is 13.9. The first-order chi connectivity index (χ1) is 18.6. The Morgan fingerprint density at radius 3 is 2.37 bits per heavy atom. The van der Waals surface area contributed by atoms with Crippen LogP contribution in [0.1, 0.15) is 76.4 Å². The molecule has 204 valence electrons. The van der Waals surface area contributed by atoms with Gasteiger partial charge >= 0.3 is 5.97 Å². The smallest absolute Gasteiger partial charge is 0.362 e. The molecule has 6 rings (SSSR count). The molecule has 4 fully saturated rings. The zero-order chi connectivity index (χ0) is 26.2. The third-order valence-electron chi connectivity index (χ3n) is 9.28. The molecular formula is C29H38N4O5. The molecule has 2 saturated heterocycles. The standard InChI is InChI=1S/C29H38N4O5/c1-2-38-29(35)27(31-36)26-28(34)33(25-10-6-5-9-24(25)30-26)21-14-22-16-37-17-23(15-21)32(22)20-12-18-7-3-4-8-19(11-18)13-20/h5-6,9-10,18-23,36H,2-4,7-8,11-17H2,1H3/b31-27-/t18?,19?,20?,21?,22-,23+. The van der Waals surface area contributed by atoms with E-state index in [0.717, 1.165) is 30.2 Å². The minimum absolute atomic E-state index is 0.0719. The maximum Gasteiger partial charge on any atom is 0.362 e. The van der Waals surface area contributed by atoms with Gasteiger partial charge in [0, 0.05) is 24.2 Å². The molecule has 3 heterocycles. The Hall–Kier alpha value is -2.78. The highest BCUT2D eigenvalue weighted by Gasteiger charge is 2.46. The molecule has 1 aromatic heterocycles. The van der Waals surface area contributed by atoms with Gasteiger partial charge in [-0.05, 0) is 63.0 Å². The number of hydrogen-bond donors (Lipinski definition) is 1. The molecule has 9 heteroatoms. The predicted octanol–water partition coefficient (Wildman–Crippen LogP) is 3.90. The van der Waals surface area contributed by atoms with E-state index >= 15 is 0 Å². The molecule has 2 aliphatic heterocycles. The van der Waals surface area contributed by atoms with Crippen LogP contribution in [0.15, 0.2) is 34.2 Å². The second-order valence-corrected chi connectivity index (χ2v) is 11.6. The van der Waals surface area contributed by atoms with Crippen molar-refractivity contribution in [1.29, 1.82) is 0 Å². The topological polar surface area (TPSA) is 106 Å². The van der Waals surface area contributed by atoms with Crippen LogP contribution in [0.5, 0.6) is 0 Å². The number of piperidine rings is 1. The quantitative estimate of drug-likeness (QED) is 0.275. The van der Waals surface area contributed by atoms with Crippen molar-refractivity contribution in [2.24, 2.45) is 17.0 Å². The summed E-state index contributed by atoms with van der Waals surface area (Å²) in [6.07, 6.45) is 11.0. The monoisotopic (exact) mass is 522 g/mol. The molecule has 38 heavy (non-hydrogen) atoms. The number of carbonyl (C=O) groups is 1. The van der Waals surface area contributed by atoms with Crippen molar-refractivity contribution in [3.63, 3.8) is 0 Å². The van der Waals surface area contributed by atoms with Crippen molar-refractivity contribution in [2.75, 3.05) is 19.8 Å². The Kier molecular flexibility index (Phi) is 7.22. The SMILES string of the molecule is CCOC(=O)/C(=N\O)c1nc2ccccc2n(C2C[C@H]3COC[C@@H](C2)N3C2CC3CCCCC(C3)C2)c1=O. The summed E-state index contributed by atoms with van der Waals surface area (Å²) in [6.45, 7) is 3.12. The van der Waals surface area contributed by atoms with Gasteiger partial charge in [0.15, 0.2) is 5.69 Å². The summed E-state index contributed by atoms with van der Waals surface area (Å²) in [4.78, 5) is 33.6. The number of nitrogens with zero attached hydrogens (tertiary/aromatic N) is 4. The van der Waals surface area contributed by atoms with Gasteiger partial charge in [-0.25, -0.2) is 9.78 Å². The first kappa shape index (κ1) is 25.5. The molecule has 0 amide bonds. The molecule has 2 aromatic rings. The number of para-hydroxylation sites is 2. The molecule has 1 aromatic carbocycles. The number of rotatable bonds is 5. The number of benzene rings is 1. The first-order valence-corrected chi connectivity index (χ1v) is 14.3. The van der Waals surface area contributed by atoms with Gasteiger partial charge in [-0.15, -0.1) is 0 Å². The number of fused-ring (bicyclic) bond motifs is 5. The van der Waals surface area contributed by atoms with Crippen LogP contribution < -0.4 is 5.56 Å². The van der Waals surface area contributed by atoms with Gasteiger partial charge in [0.05, 0.1) is 30.9 Å². The van der Waals surface area contributed by atoms with Gasteiger partial charge in [0.2, 0.25) is 5.71 Å². The molecule has 9 nitrogen and oxygen atoms in total. The van der Waals surface area contributed by atoms with Crippen LogP contribution in [0.3, 0.4) is 0 Å². The van der Waals surface area contributed by atoms with E-state index < -0.39 is 17.2 Å². The third kappa shape index (κ3) is 4.64. The van der Waals surface area contributed by atoms with Crippen molar-refractivity contribution in [1.82, 2.24) is 14.5 Å². The summed E-state index contributed by atoms with van der Waals surface area (Å²) in [5.41, 5.74) is 0.244. The van der Waals surface area contributed by atoms with E-state index in [2.05, 4.69) is 15.0 Å². The van der Waals surface area contributed by atoms with Crippen molar-refractivity contribution < 1.29 is 19.5 Å². The van der Waals surface area contributed by atoms with E-state index in [4.69, 9.17) is 9.47 Å². The van der Waals surface area contributed by atoms with Gasteiger partial charge in [0.25, 0.3) is 5.56 Å². The van der Waals surface area contributed by atoms with E-state index in [-0.39, 0.29) is 30.4 Å². The van der Waals surface area contributed by atoms with Gasteiger partial charge < -0.3 is 19.2 Å². The first-order valence-electron chi connectivity index (χ1n) is 14.3. The van der Waals surface area contributed by atoms with Gasteiger partial charge in [-0.2, -0.15) is 0 Å². The molecule has 0 radical (unpaired) electrons. The average molecular weight is 523 g/mol. The number of carbonyl (C=O) groups excluding carboxylic acids is 1. The average Bonchev–Trinajstić information content (AvgIpc) is 3.08. The lowest BCUT2D eigenvalue weighted by Crippen LogP contribution is -2.62. The fraction of sp³-hybridized carbons (Fsp3) is 0.655. The van der Waals surface area contributed by atoms with E-state index in [1.54, 1.807) is 11.5 Å². The molecule has 5 atom stereocenters. The molecule has 4 aliphatic rings. The highest BCUT2D eigenvalue weighted by molar-refractivity contribution is 6.42. The minimum atomic E-state index is -0.861. The normalized spacial score (nSPS) is 32.1. The minimum Gasteiger partial charge on any atom is -0.461 e. The summed E-state index contributed by atoms with van der Waals surface area (Å²) in [7, 11) is 0. The Morgan fingerprint density at radius 1 is 1.03 bits per heavy atom. The lowest BCUT2D eigenvalue weighted by Gasteiger charge is -2.54. The fourth-order valence-electron chi connectivity index (χ4n) is 7.89. The summed E-state index contributed by atoms with van der Waals surface area (Å²) >= 11 is 0. The van der Waals surface area contributed by atoms with Crippen LogP contribution in [-0.2, 0) is 14.3 Å². The number of aromatic nitrogens is 2. The van der Waals surface area contributed by atoms with Crippen LogP contribution >= 0.6 is 0 Å². The van der Waals surface area contributed by atoms with Gasteiger partial charge in [-0.3, -0.25) is 9.69 Å². The van der Waals surface area contributed by atoms with Crippen LogP contribution in [0.4, 0.5) is 0 Å². The number of esters is 1. The number of ether oxygens (including phenoxy) is 2. The van der Waals surface area contributed by atoms with Crippen LogP contribution in [0, 0.1) is 11.8 Å². The lowest BCUT2D eigenvalue weighted by molar-refractivity contribution is -0.135. The van der Waals surface area contributed by atoms with E-state index in [9.17, 15) is 14.8 Å². The van der Waals surface area contributed by atoms with Crippen molar-refractivity contribution >= 4 is 22.7 Å². The van der Waals surface area contributed by atoms with Crippen molar-refractivity contribution in [3.05, 3.63) is 40.3 Å². The van der Waals surface area contributed by atoms with Crippen LogP contribution in [0.2, 0.25) is 0 Å². The second-order valence-electron chi connectivity index (χ2n) is 11.6. The summed E-state index contributed by atoms with van der Waals surface area (Å²) in [5.74, 6) is 0.822. The second kappa shape index (κ2) is 10.8. The third-order valence-corrected chi connectivity index (χ3v) is 9.28. The van der Waals surface area contributed by atoms with E-state index in [1.165, 1.54) is 44.9 Å². The predicted molar refractivity (Wildman–Crippen MR) is 143 cm³/mol. The lowest BCUT2D eigenvalue weighted by atomic mass is 9.75. The molecule has 0 spiro atoms. The highest BCUT2D eigenvalue weighted by Crippen LogP contribution is 2.44. The Bertz CT molecular complexity index is 1250. The van der Waals surface area contributed by atoms with Crippen LogP contribution in [0.25, 0.3) is 11.0 Å². The molecule has 2 saturated carbocycles. The largest absolute Gasteiger partial charge is 0.461 e. The molecule has 1 N–H and O–H groups in total. The highest BCUT2D eigenvalue weighted by atomic mass is 16.5. The van der Waals surface area contributed by atoms with E-state index in [1.807, 2.05) is 24.3 Å². The fourth-order valence-corrected chi connectivity index (χ4v) is 7.89. The van der Waals surface area contributed by atoms with Gasteiger partial charge in [0.1, 0.15) is 0 Å². The summed E-state index contributed by atoms with van der Waals surface area (Å²) in [5, 5.41) is 12.8. The van der Waals surface area contributed by atoms with Crippen molar-refractivity contribution in [2.45, 2.75) is 88.9 Å². The Balaban J connectivity index is 1.35. The molecule has 3 unspecified atom stereocenters.